The van der Waals surface area contributed by atoms with Crippen molar-refractivity contribution < 1.29 is 8.78 Å². The monoisotopic (exact) mass is 464 g/mol. The fraction of sp³-hybridized carbons (Fsp3) is 0.348. The second-order valence-corrected chi connectivity index (χ2v) is 8.63. The van der Waals surface area contributed by atoms with Gasteiger partial charge in [0.05, 0.1) is 18.1 Å². The van der Waals surface area contributed by atoms with E-state index in [0.717, 1.165) is 64.8 Å². The number of anilines is 3. The highest BCUT2D eigenvalue weighted by molar-refractivity contribution is 5.62. The summed E-state index contributed by atoms with van der Waals surface area (Å²) in [5.41, 5.74) is 2.89. The first-order valence-corrected chi connectivity index (χ1v) is 11.2. The van der Waals surface area contributed by atoms with Gasteiger partial charge in [0.25, 0.3) is 12.0 Å². The first kappa shape index (κ1) is 20.7. The maximum Gasteiger partial charge on any atom is 0.280 e. The molecule has 2 aliphatic rings. The van der Waals surface area contributed by atoms with E-state index in [4.69, 9.17) is 4.98 Å². The van der Waals surface area contributed by atoms with Crippen molar-refractivity contribution in [3.63, 3.8) is 0 Å². The van der Waals surface area contributed by atoms with Crippen LogP contribution >= 0.6 is 0 Å². The number of nitrogens with zero attached hydrogens (tertiary/aromatic N) is 8. The second-order valence-electron chi connectivity index (χ2n) is 8.63. The first-order chi connectivity index (χ1) is 16.5. The van der Waals surface area contributed by atoms with Gasteiger partial charge in [-0.25, -0.2) is 18.4 Å². The minimum atomic E-state index is -2.81. The van der Waals surface area contributed by atoms with E-state index in [9.17, 15) is 13.6 Å². The van der Waals surface area contributed by atoms with Crippen molar-refractivity contribution in [2.24, 2.45) is 0 Å². The molecule has 0 fully saturated rings. The number of hydrogen-bond acceptors (Lipinski definition) is 7. The van der Waals surface area contributed by atoms with Gasteiger partial charge < -0.3 is 9.80 Å². The third-order valence-electron chi connectivity index (χ3n) is 6.42. The van der Waals surface area contributed by atoms with E-state index >= 15 is 0 Å². The maximum atomic E-state index is 13.1. The average Bonchev–Trinajstić information content (AvgIpc) is 3.32. The van der Waals surface area contributed by atoms with E-state index in [1.54, 1.807) is 6.07 Å². The molecule has 6 heterocycles. The third-order valence-corrected chi connectivity index (χ3v) is 6.42. The molecule has 0 unspecified atom stereocenters. The number of aromatic nitrogens is 6. The van der Waals surface area contributed by atoms with E-state index in [1.165, 1.54) is 0 Å². The van der Waals surface area contributed by atoms with Crippen LogP contribution in [0.1, 0.15) is 35.4 Å². The van der Waals surface area contributed by atoms with Crippen LogP contribution in [0, 0.1) is 6.92 Å². The van der Waals surface area contributed by atoms with Gasteiger partial charge in [0.15, 0.2) is 11.5 Å². The van der Waals surface area contributed by atoms with Gasteiger partial charge in [-0.3, -0.25) is 9.78 Å². The highest BCUT2D eigenvalue weighted by atomic mass is 19.3. The van der Waals surface area contributed by atoms with E-state index in [1.807, 2.05) is 30.1 Å². The number of alkyl halides is 2. The Bertz CT molecular complexity index is 1460. The average molecular weight is 464 g/mol. The van der Waals surface area contributed by atoms with Crippen molar-refractivity contribution in [2.45, 2.75) is 39.3 Å². The summed E-state index contributed by atoms with van der Waals surface area (Å²) in [6.45, 7) is 4.93. The van der Waals surface area contributed by atoms with Crippen LogP contribution in [0.2, 0.25) is 0 Å². The Morgan fingerprint density at radius 3 is 2.85 bits per heavy atom. The van der Waals surface area contributed by atoms with Crippen molar-refractivity contribution in [2.75, 3.05) is 22.9 Å². The number of hydrogen-bond donors (Lipinski definition) is 0. The van der Waals surface area contributed by atoms with Crippen LogP contribution in [0.4, 0.5) is 26.1 Å². The summed E-state index contributed by atoms with van der Waals surface area (Å²) in [5, 5.41) is 8.88. The Morgan fingerprint density at radius 2 is 2.00 bits per heavy atom. The maximum absolute atomic E-state index is 13.1. The van der Waals surface area contributed by atoms with Gasteiger partial charge in [-0.2, -0.15) is 9.61 Å². The molecule has 0 aliphatic carbocycles. The largest absolute Gasteiger partial charge is 0.350 e. The third kappa shape index (κ3) is 3.39. The molecule has 0 bridgehead atoms. The standard InChI is InChI=1S/C23H22F2N8O/c1-14-9-19-28-18(22(24)25)11-21(34)33(19)29-23(14)30-8-4-17-15(13-30)10-16(12-26-17)31-6-2-7-32-20(31)3-5-27-32/h3,5,9-12,22H,2,4,6-8,13H2,1H3. The fourth-order valence-electron chi connectivity index (χ4n) is 4.79. The Kier molecular flexibility index (Phi) is 4.78. The molecule has 174 valence electrons. The lowest BCUT2D eigenvalue weighted by Crippen LogP contribution is -2.34. The predicted molar refractivity (Wildman–Crippen MR) is 122 cm³/mol. The lowest BCUT2D eigenvalue weighted by atomic mass is 10.0. The highest BCUT2D eigenvalue weighted by Crippen LogP contribution is 2.32. The number of rotatable bonds is 3. The molecule has 0 spiro atoms. The quantitative estimate of drug-likeness (QED) is 0.461. The molecule has 4 aromatic heterocycles. The van der Waals surface area contributed by atoms with E-state index in [2.05, 4.69) is 31.0 Å². The Hall–Kier alpha value is -3.89. The van der Waals surface area contributed by atoms with Crippen molar-refractivity contribution in [3.8, 4) is 0 Å². The van der Waals surface area contributed by atoms with Gasteiger partial charge in [0.1, 0.15) is 11.5 Å². The van der Waals surface area contributed by atoms with Crippen molar-refractivity contribution in [1.82, 2.24) is 29.4 Å². The molecule has 0 N–H and O–H groups in total. The van der Waals surface area contributed by atoms with Crippen LogP contribution < -0.4 is 15.4 Å². The zero-order valence-electron chi connectivity index (χ0n) is 18.5. The van der Waals surface area contributed by atoms with Crippen LogP contribution in [-0.2, 0) is 19.5 Å². The topological polar surface area (TPSA) is 84.5 Å². The molecule has 0 saturated heterocycles. The summed E-state index contributed by atoms with van der Waals surface area (Å²) in [7, 11) is 0. The number of pyridine rings is 1. The van der Waals surface area contributed by atoms with Crippen molar-refractivity contribution >= 4 is 23.0 Å². The van der Waals surface area contributed by atoms with Gasteiger partial charge in [0, 0.05) is 50.4 Å². The lowest BCUT2D eigenvalue weighted by molar-refractivity contribution is 0.146. The van der Waals surface area contributed by atoms with Gasteiger partial charge in [-0.15, -0.1) is 5.10 Å². The first-order valence-electron chi connectivity index (χ1n) is 11.2. The normalized spacial score (nSPS) is 15.6. The Labute approximate surface area is 193 Å². The summed E-state index contributed by atoms with van der Waals surface area (Å²) >= 11 is 0. The molecule has 0 radical (unpaired) electrons. The van der Waals surface area contributed by atoms with Crippen molar-refractivity contribution in [1.29, 1.82) is 0 Å². The van der Waals surface area contributed by atoms with E-state index < -0.39 is 17.7 Å². The summed E-state index contributed by atoms with van der Waals surface area (Å²) in [5.74, 6) is 1.69. The van der Waals surface area contributed by atoms with Gasteiger partial charge in [-0.1, -0.05) is 0 Å². The van der Waals surface area contributed by atoms with Crippen LogP contribution in [0.3, 0.4) is 0 Å². The SMILES string of the molecule is Cc1cc2nc(C(F)F)cc(=O)n2nc1N1CCc2ncc(N3CCCn4nccc43)cc2C1. The van der Waals surface area contributed by atoms with Gasteiger partial charge >= 0.3 is 0 Å². The summed E-state index contributed by atoms with van der Waals surface area (Å²) in [6, 6.07) is 6.65. The Morgan fingerprint density at radius 1 is 1.12 bits per heavy atom. The minimum Gasteiger partial charge on any atom is -0.350 e. The minimum absolute atomic E-state index is 0.118. The molecular formula is C23H22F2N8O. The molecule has 6 rings (SSSR count). The second kappa shape index (κ2) is 7.86. The molecule has 34 heavy (non-hydrogen) atoms. The molecule has 0 atom stereocenters. The van der Waals surface area contributed by atoms with Crippen molar-refractivity contribution in [3.05, 3.63) is 69.5 Å². The van der Waals surface area contributed by atoms with Gasteiger partial charge in [-0.05, 0) is 36.6 Å². The number of aryl methyl sites for hydroxylation is 2. The smallest absolute Gasteiger partial charge is 0.280 e. The van der Waals surface area contributed by atoms with Crippen LogP contribution in [-0.4, -0.2) is 42.5 Å². The molecule has 9 nitrogen and oxygen atoms in total. The molecule has 2 aliphatic heterocycles. The molecule has 11 heteroatoms. The van der Waals surface area contributed by atoms with Crippen LogP contribution in [0.5, 0.6) is 0 Å². The molecular weight excluding hydrogens is 442 g/mol. The number of fused-ring (bicyclic) bond motifs is 3. The lowest BCUT2D eigenvalue weighted by Gasteiger charge is -2.33. The zero-order chi connectivity index (χ0) is 23.4. The zero-order valence-corrected chi connectivity index (χ0v) is 18.5. The van der Waals surface area contributed by atoms with Crippen LogP contribution in [0.25, 0.3) is 5.65 Å². The summed E-state index contributed by atoms with van der Waals surface area (Å²) in [4.78, 5) is 25.4. The predicted octanol–water partition coefficient (Wildman–Crippen LogP) is 3.03. The summed E-state index contributed by atoms with van der Waals surface area (Å²) in [6.07, 6.45) is 2.67. The van der Waals surface area contributed by atoms with Gasteiger partial charge in [0.2, 0.25) is 0 Å². The Balaban J connectivity index is 1.34. The van der Waals surface area contributed by atoms with E-state index in [0.29, 0.717) is 18.9 Å². The van der Waals surface area contributed by atoms with E-state index in [-0.39, 0.29) is 5.65 Å². The fourth-order valence-corrected chi connectivity index (χ4v) is 4.79. The van der Waals surface area contributed by atoms with Crippen LogP contribution in [0.15, 0.2) is 41.5 Å². The molecule has 0 aromatic carbocycles. The highest BCUT2D eigenvalue weighted by Gasteiger charge is 2.24. The molecule has 0 saturated carbocycles. The number of halogens is 2. The summed E-state index contributed by atoms with van der Waals surface area (Å²) < 4.78 is 29.2. The molecule has 4 aromatic rings. The molecule has 0 amide bonds.